The van der Waals surface area contributed by atoms with E-state index < -0.39 is 0 Å². The number of fused-ring (bicyclic) bond motifs is 1. The number of rotatable bonds is 4. The van der Waals surface area contributed by atoms with Crippen LogP contribution in [0.5, 0.6) is 0 Å². The van der Waals surface area contributed by atoms with E-state index in [0.29, 0.717) is 0 Å². The van der Waals surface area contributed by atoms with Crippen molar-refractivity contribution in [3.63, 3.8) is 0 Å². The van der Waals surface area contributed by atoms with Gasteiger partial charge < -0.3 is 10.6 Å². The van der Waals surface area contributed by atoms with Gasteiger partial charge in [-0.05, 0) is 63.4 Å². The number of carbonyl (C=O) groups is 1. The topological polar surface area (TPSA) is 41.1 Å². The van der Waals surface area contributed by atoms with Crippen LogP contribution in [0, 0.1) is 5.92 Å². The lowest BCUT2D eigenvalue weighted by Gasteiger charge is -2.36. The molecule has 0 spiro atoms. The van der Waals surface area contributed by atoms with Crippen LogP contribution in [0.25, 0.3) is 5.70 Å². The SMILES string of the molecule is CNCc1cc2c(cc1Cl)CC(C)(C)N/C2=C\C(=O)C1CCCCC1. The molecule has 1 aliphatic carbocycles. The zero-order chi connectivity index (χ0) is 18.0. The van der Waals surface area contributed by atoms with Gasteiger partial charge in [-0.25, -0.2) is 0 Å². The van der Waals surface area contributed by atoms with Gasteiger partial charge in [0, 0.05) is 40.4 Å². The number of ketones is 1. The molecule has 1 aromatic carbocycles. The van der Waals surface area contributed by atoms with Crippen molar-refractivity contribution in [2.24, 2.45) is 5.92 Å². The lowest BCUT2D eigenvalue weighted by molar-refractivity contribution is -0.119. The maximum atomic E-state index is 12.8. The quantitative estimate of drug-likeness (QED) is 0.778. The molecule has 0 bridgehead atoms. The van der Waals surface area contributed by atoms with Crippen LogP contribution in [0.2, 0.25) is 5.02 Å². The van der Waals surface area contributed by atoms with Gasteiger partial charge in [0.25, 0.3) is 0 Å². The predicted molar refractivity (Wildman–Crippen MR) is 105 cm³/mol. The van der Waals surface area contributed by atoms with Crippen LogP contribution in [-0.2, 0) is 17.8 Å². The number of hydrogen-bond donors (Lipinski definition) is 2. The molecule has 0 saturated heterocycles. The third-order valence-corrected chi connectivity index (χ3v) is 5.68. The van der Waals surface area contributed by atoms with Crippen LogP contribution < -0.4 is 10.6 Å². The Morgan fingerprint density at radius 1 is 1.32 bits per heavy atom. The largest absolute Gasteiger partial charge is 0.379 e. The zero-order valence-electron chi connectivity index (χ0n) is 15.5. The van der Waals surface area contributed by atoms with E-state index in [1.165, 1.54) is 24.8 Å². The molecule has 1 heterocycles. The van der Waals surface area contributed by atoms with Gasteiger partial charge >= 0.3 is 0 Å². The second-order valence-corrected chi connectivity index (χ2v) is 8.52. The van der Waals surface area contributed by atoms with Gasteiger partial charge in [-0.1, -0.05) is 30.9 Å². The van der Waals surface area contributed by atoms with E-state index in [0.717, 1.165) is 47.7 Å². The predicted octanol–water partition coefficient (Wildman–Crippen LogP) is 4.47. The lowest BCUT2D eigenvalue weighted by atomic mass is 9.82. The van der Waals surface area contributed by atoms with Gasteiger partial charge in [0.05, 0.1) is 0 Å². The van der Waals surface area contributed by atoms with E-state index >= 15 is 0 Å². The van der Waals surface area contributed by atoms with Crippen molar-refractivity contribution in [3.8, 4) is 0 Å². The highest BCUT2D eigenvalue weighted by Crippen LogP contribution is 2.34. The number of carbonyl (C=O) groups excluding carboxylic acids is 1. The Labute approximate surface area is 156 Å². The summed E-state index contributed by atoms with van der Waals surface area (Å²) in [5.41, 5.74) is 4.28. The molecule has 0 atom stereocenters. The third kappa shape index (κ3) is 4.27. The fourth-order valence-electron chi connectivity index (χ4n) is 4.10. The van der Waals surface area contributed by atoms with Gasteiger partial charge in [0.2, 0.25) is 0 Å². The first-order valence-corrected chi connectivity index (χ1v) is 9.77. The number of benzene rings is 1. The standard InChI is InChI=1S/C21H29ClN2O/c1-21(2)12-15-10-18(22)16(13-23-3)9-17(15)19(24-21)11-20(25)14-7-5-4-6-8-14/h9-11,14,23-24H,4-8,12-13H2,1-3H3/b19-11-. The van der Waals surface area contributed by atoms with E-state index in [9.17, 15) is 4.79 Å². The highest BCUT2D eigenvalue weighted by atomic mass is 35.5. The number of allylic oxidation sites excluding steroid dienone is 1. The minimum Gasteiger partial charge on any atom is -0.379 e. The molecule has 25 heavy (non-hydrogen) atoms. The van der Waals surface area contributed by atoms with E-state index in [1.807, 2.05) is 13.1 Å². The Bertz CT molecular complexity index is 687. The van der Waals surface area contributed by atoms with Crippen LogP contribution in [0.1, 0.15) is 62.6 Å². The Morgan fingerprint density at radius 3 is 2.72 bits per heavy atom. The molecule has 1 aliphatic heterocycles. The molecule has 136 valence electrons. The van der Waals surface area contributed by atoms with Gasteiger partial charge in [0.1, 0.15) is 0 Å². The molecule has 0 aromatic heterocycles. The Morgan fingerprint density at radius 2 is 2.04 bits per heavy atom. The fraction of sp³-hybridized carbons (Fsp3) is 0.571. The molecule has 4 heteroatoms. The Hall–Kier alpha value is -1.32. The molecule has 2 aliphatic rings. The van der Waals surface area contributed by atoms with Crippen LogP contribution in [0.4, 0.5) is 0 Å². The Kier molecular flexibility index (Phi) is 5.55. The Balaban J connectivity index is 1.97. The number of halogens is 1. The van der Waals surface area contributed by atoms with E-state index in [-0.39, 0.29) is 17.2 Å². The second kappa shape index (κ2) is 7.51. The second-order valence-electron chi connectivity index (χ2n) is 8.11. The lowest BCUT2D eigenvalue weighted by Crippen LogP contribution is -2.44. The zero-order valence-corrected chi connectivity index (χ0v) is 16.3. The minimum atomic E-state index is -0.0838. The first kappa shape index (κ1) is 18.5. The number of nitrogens with one attached hydrogen (secondary N) is 2. The van der Waals surface area contributed by atoms with Gasteiger partial charge in [-0.3, -0.25) is 4.79 Å². The number of hydrogen-bond acceptors (Lipinski definition) is 3. The van der Waals surface area contributed by atoms with Gasteiger partial charge in [-0.2, -0.15) is 0 Å². The summed E-state index contributed by atoms with van der Waals surface area (Å²) in [6.45, 7) is 5.06. The summed E-state index contributed by atoms with van der Waals surface area (Å²) in [5, 5.41) is 7.54. The third-order valence-electron chi connectivity index (χ3n) is 5.33. The van der Waals surface area contributed by atoms with Crippen molar-refractivity contribution in [3.05, 3.63) is 39.9 Å². The maximum absolute atomic E-state index is 12.8. The van der Waals surface area contributed by atoms with Gasteiger partial charge in [0.15, 0.2) is 5.78 Å². The summed E-state index contributed by atoms with van der Waals surface area (Å²) in [6, 6.07) is 4.21. The summed E-state index contributed by atoms with van der Waals surface area (Å²) in [6.07, 6.45) is 8.44. The monoisotopic (exact) mass is 360 g/mol. The maximum Gasteiger partial charge on any atom is 0.160 e. The van der Waals surface area contributed by atoms with E-state index in [1.54, 1.807) is 0 Å². The van der Waals surface area contributed by atoms with Gasteiger partial charge in [-0.15, -0.1) is 0 Å². The molecule has 2 N–H and O–H groups in total. The first-order valence-electron chi connectivity index (χ1n) is 9.39. The highest BCUT2D eigenvalue weighted by Gasteiger charge is 2.30. The summed E-state index contributed by atoms with van der Waals surface area (Å²) in [7, 11) is 1.92. The first-order chi connectivity index (χ1) is 11.9. The van der Waals surface area contributed by atoms with Crippen LogP contribution in [0.3, 0.4) is 0 Å². The van der Waals surface area contributed by atoms with Crippen molar-refractivity contribution < 1.29 is 4.79 Å². The molecule has 0 unspecified atom stereocenters. The van der Waals surface area contributed by atoms with Crippen molar-refractivity contribution in [1.29, 1.82) is 0 Å². The minimum absolute atomic E-state index is 0.0838. The van der Waals surface area contributed by atoms with Crippen molar-refractivity contribution in [1.82, 2.24) is 10.6 Å². The molecule has 0 amide bonds. The molecular formula is C21H29ClN2O. The molecule has 3 nitrogen and oxygen atoms in total. The molecule has 1 saturated carbocycles. The van der Waals surface area contributed by atoms with Crippen molar-refractivity contribution in [2.75, 3.05) is 7.05 Å². The van der Waals surface area contributed by atoms with E-state index in [2.05, 4.69) is 36.6 Å². The highest BCUT2D eigenvalue weighted by molar-refractivity contribution is 6.31. The van der Waals surface area contributed by atoms with Crippen molar-refractivity contribution in [2.45, 2.75) is 64.5 Å². The molecule has 1 aromatic rings. The molecule has 3 rings (SSSR count). The normalized spacial score (nSPS) is 21.7. The average Bonchev–Trinajstić information content (AvgIpc) is 2.56. The van der Waals surface area contributed by atoms with E-state index in [4.69, 9.17) is 11.6 Å². The molecular weight excluding hydrogens is 332 g/mol. The molecule has 0 radical (unpaired) electrons. The van der Waals surface area contributed by atoms with Crippen LogP contribution in [0.15, 0.2) is 18.2 Å². The van der Waals surface area contributed by atoms with Crippen LogP contribution in [-0.4, -0.2) is 18.4 Å². The summed E-state index contributed by atoms with van der Waals surface area (Å²) < 4.78 is 0. The smallest absolute Gasteiger partial charge is 0.160 e. The van der Waals surface area contributed by atoms with Crippen LogP contribution >= 0.6 is 11.6 Å². The average molecular weight is 361 g/mol. The summed E-state index contributed by atoms with van der Waals surface area (Å²) >= 11 is 6.46. The summed E-state index contributed by atoms with van der Waals surface area (Å²) in [5.74, 6) is 0.469. The fourth-order valence-corrected chi connectivity index (χ4v) is 4.35. The summed E-state index contributed by atoms with van der Waals surface area (Å²) in [4.78, 5) is 12.8. The molecule has 1 fully saturated rings. The van der Waals surface area contributed by atoms with Crippen molar-refractivity contribution >= 4 is 23.1 Å².